The highest BCUT2D eigenvalue weighted by molar-refractivity contribution is 6.29. The number of amides is 1. The molecule has 3 saturated heterocycles. The lowest BCUT2D eigenvalue weighted by molar-refractivity contribution is 0.0351. The van der Waals surface area contributed by atoms with E-state index in [1.165, 1.54) is 0 Å². The molecule has 1 N–H and O–H groups in total. The molecular formula is C18H25ClN4O4. The fraction of sp³-hybridized carbons (Fsp3) is 0.722. The predicted molar refractivity (Wildman–Crippen MR) is 99.6 cm³/mol. The van der Waals surface area contributed by atoms with E-state index in [0.717, 1.165) is 38.5 Å². The highest BCUT2D eigenvalue weighted by Crippen LogP contribution is 2.36. The summed E-state index contributed by atoms with van der Waals surface area (Å²) in [5.41, 5.74) is 0. The molecule has 0 aromatic carbocycles. The van der Waals surface area contributed by atoms with Crippen LogP contribution in [0.3, 0.4) is 0 Å². The van der Waals surface area contributed by atoms with E-state index >= 15 is 0 Å². The number of nitrogens with zero attached hydrogens (tertiary/aromatic N) is 4. The van der Waals surface area contributed by atoms with Crippen molar-refractivity contribution in [3.05, 3.63) is 11.2 Å². The Morgan fingerprint density at radius 2 is 2.07 bits per heavy atom. The van der Waals surface area contributed by atoms with Crippen molar-refractivity contribution in [1.82, 2.24) is 14.9 Å². The van der Waals surface area contributed by atoms with Crippen molar-refractivity contribution in [2.24, 2.45) is 0 Å². The van der Waals surface area contributed by atoms with E-state index in [2.05, 4.69) is 9.97 Å². The number of hydrogen-bond donors (Lipinski definition) is 1. The number of rotatable bonds is 4. The molecule has 0 unspecified atom stereocenters. The van der Waals surface area contributed by atoms with Crippen LogP contribution >= 0.6 is 11.6 Å². The van der Waals surface area contributed by atoms with Crippen LogP contribution in [0.15, 0.2) is 6.07 Å². The van der Waals surface area contributed by atoms with Gasteiger partial charge < -0.3 is 24.4 Å². The summed E-state index contributed by atoms with van der Waals surface area (Å²) >= 11 is 6.20. The van der Waals surface area contributed by atoms with Crippen molar-refractivity contribution < 1.29 is 19.4 Å². The third kappa shape index (κ3) is 3.91. The first-order valence-corrected chi connectivity index (χ1v) is 9.92. The largest absolute Gasteiger partial charge is 0.472 e. The molecule has 3 aliphatic rings. The van der Waals surface area contributed by atoms with Gasteiger partial charge in [0.05, 0.1) is 13.2 Å². The lowest BCUT2D eigenvalue weighted by atomic mass is 9.81. The maximum absolute atomic E-state index is 11.6. The molecule has 27 heavy (non-hydrogen) atoms. The van der Waals surface area contributed by atoms with Gasteiger partial charge in [-0.1, -0.05) is 11.6 Å². The zero-order valence-corrected chi connectivity index (χ0v) is 16.1. The highest BCUT2D eigenvalue weighted by Gasteiger charge is 2.42. The second kappa shape index (κ2) is 7.67. The monoisotopic (exact) mass is 396 g/mol. The molecule has 3 aliphatic heterocycles. The summed E-state index contributed by atoms with van der Waals surface area (Å²) in [7, 11) is 1.95. The molecule has 3 fully saturated rings. The molecule has 1 aromatic rings. The van der Waals surface area contributed by atoms with E-state index in [1.807, 2.05) is 11.9 Å². The number of carboxylic acid groups (broad SMARTS) is 1. The van der Waals surface area contributed by atoms with Crippen LogP contribution in [-0.2, 0) is 4.74 Å². The van der Waals surface area contributed by atoms with Gasteiger partial charge in [-0.05, 0) is 32.1 Å². The first-order valence-electron chi connectivity index (χ1n) is 9.54. The molecule has 4 atom stereocenters. The van der Waals surface area contributed by atoms with E-state index in [-0.39, 0.29) is 24.2 Å². The Morgan fingerprint density at radius 3 is 2.70 bits per heavy atom. The minimum Gasteiger partial charge on any atom is -0.472 e. The van der Waals surface area contributed by atoms with Gasteiger partial charge in [-0.15, -0.1) is 0 Å². The third-order valence-electron chi connectivity index (χ3n) is 5.87. The highest BCUT2D eigenvalue weighted by atomic mass is 35.5. The second-order valence-electron chi connectivity index (χ2n) is 7.60. The smallest absolute Gasteiger partial charge is 0.407 e. The van der Waals surface area contributed by atoms with E-state index in [0.29, 0.717) is 30.2 Å². The molecule has 0 radical (unpaired) electrons. The maximum atomic E-state index is 11.6. The van der Waals surface area contributed by atoms with Crippen LogP contribution in [0, 0.1) is 0 Å². The van der Waals surface area contributed by atoms with Gasteiger partial charge in [-0.25, -0.2) is 9.78 Å². The number of piperidine rings is 2. The minimum absolute atomic E-state index is 0.00714. The quantitative estimate of drug-likeness (QED) is 0.783. The summed E-state index contributed by atoms with van der Waals surface area (Å²) in [6.07, 6.45) is 4.50. The Kier molecular flexibility index (Phi) is 5.27. The van der Waals surface area contributed by atoms with Crippen molar-refractivity contribution in [2.75, 3.05) is 25.2 Å². The summed E-state index contributed by atoms with van der Waals surface area (Å²) in [5.74, 6) is 0.971. The number of anilines is 1. The Balaban J connectivity index is 1.50. The fourth-order valence-electron chi connectivity index (χ4n) is 4.52. The summed E-state index contributed by atoms with van der Waals surface area (Å²) in [6, 6.07) is 1.93. The maximum Gasteiger partial charge on any atom is 0.407 e. The van der Waals surface area contributed by atoms with Gasteiger partial charge in [0, 0.05) is 37.7 Å². The predicted octanol–water partition coefficient (Wildman–Crippen LogP) is 2.80. The van der Waals surface area contributed by atoms with Gasteiger partial charge in [-0.2, -0.15) is 4.98 Å². The molecule has 1 amide bonds. The SMILES string of the molecule is CN(c1nc(Cl)cc(O[C@@H]2CCOC2)n1)[C@H]1C[C@H]2CCC[C@@H](C1)N2C(=O)O. The average Bonchev–Trinajstić information content (AvgIpc) is 3.12. The van der Waals surface area contributed by atoms with Crippen molar-refractivity contribution in [1.29, 1.82) is 0 Å². The van der Waals surface area contributed by atoms with Crippen LogP contribution in [0.4, 0.5) is 10.7 Å². The van der Waals surface area contributed by atoms with Gasteiger partial charge in [0.2, 0.25) is 11.8 Å². The van der Waals surface area contributed by atoms with Crippen molar-refractivity contribution in [3.63, 3.8) is 0 Å². The molecule has 0 aliphatic carbocycles. The summed E-state index contributed by atoms with van der Waals surface area (Å²) in [5, 5.41) is 9.87. The first kappa shape index (κ1) is 18.6. The summed E-state index contributed by atoms with van der Waals surface area (Å²) in [4.78, 5) is 24.2. The molecule has 4 heterocycles. The average molecular weight is 397 g/mol. The van der Waals surface area contributed by atoms with Crippen molar-refractivity contribution >= 4 is 23.6 Å². The number of halogens is 1. The van der Waals surface area contributed by atoms with E-state index in [9.17, 15) is 9.90 Å². The Morgan fingerprint density at radius 1 is 1.33 bits per heavy atom. The molecule has 9 heteroatoms. The van der Waals surface area contributed by atoms with Crippen LogP contribution in [-0.4, -0.2) is 70.6 Å². The fourth-order valence-corrected chi connectivity index (χ4v) is 4.69. The number of aromatic nitrogens is 2. The first-order chi connectivity index (χ1) is 13.0. The topological polar surface area (TPSA) is 88.0 Å². The number of fused-ring (bicyclic) bond motifs is 2. The lowest BCUT2D eigenvalue weighted by Gasteiger charge is -2.49. The van der Waals surface area contributed by atoms with Gasteiger partial charge in [0.15, 0.2) is 0 Å². The van der Waals surface area contributed by atoms with E-state index < -0.39 is 6.09 Å². The summed E-state index contributed by atoms with van der Waals surface area (Å²) in [6.45, 7) is 1.25. The van der Waals surface area contributed by atoms with E-state index in [4.69, 9.17) is 21.1 Å². The van der Waals surface area contributed by atoms with Crippen LogP contribution in [0.1, 0.15) is 38.5 Å². The van der Waals surface area contributed by atoms with Crippen LogP contribution < -0.4 is 9.64 Å². The molecule has 0 spiro atoms. The lowest BCUT2D eigenvalue weighted by Crippen LogP contribution is -2.58. The zero-order chi connectivity index (χ0) is 19.0. The van der Waals surface area contributed by atoms with Gasteiger partial charge >= 0.3 is 6.09 Å². The van der Waals surface area contributed by atoms with Crippen LogP contribution in [0.5, 0.6) is 5.88 Å². The number of hydrogen-bond acceptors (Lipinski definition) is 6. The third-order valence-corrected chi connectivity index (χ3v) is 6.06. The van der Waals surface area contributed by atoms with Gasteiger partial charge in [0.25, 0.3) is 0 Å². The van der Waals surface area contributed by atoms with Crippen molar-refractivity contribution in [3.8, 4) is 5.88 Å². The normalized spacial score (nSPS) is 30.2. The number of ether oxygens (including phenoxy) is 2. The van der Waals surface area contributed by atoms with Gasteiger partial charge in [0.1, 0.15) is 11.3 Å². The molecule has 0 saturated carbocycles. The molecule has 1 aromatic heterocycles. The molecule has 8 nitrogen and oxygen atoms in total. The molecule has 4 rings (SSSR count). The van der Waals surface area contributed by atoms with Gasteiger partial charge in [-0.3, -0.25) is 0 Å². The standard InChI is InChI=1S/C18H25ClN4O4/c1-22(13-7-11-3-2-4-12(8-13)23(11)18(24)25)17-20-15(19)9-16(21-17)27-14-5-6-26-10-14/h9,11-14H,2-8,10H2,1H3,(H,24,25)/t11-,12+,13+,14-/m1/s1. The van der Waals surface area contributed by atoms with Crippen molar-refractivity contribution in [2.45, 2.75) is 62.8 Å². The second-order valence-corrected chi connectivity index (χ2v) is 7.98. The Bertz CT molecular complexity index is 686. The number of carbonyl (C=O) groups is 1. The zero-order valence-electron chi connectivity index (χ0n) is 15.4. The van der Waals surface area contributed by atoms with Crippen LogP contribution in [0.25, 0.3) is 0 Å². The Labute approximate surface area is 163 Å². The molecular weight excluding hydrogens is 372 g/mol. The molecule has 2 bridgehead atoms. The summed E-state index contributed by atoms with van der Waals surface area (Å²) < 4.78 is 11.2. The Hall–Kier alpha value is -1.80. The minimum atomic E-state index is -0.806. The molecule has 148 valence electrons. The van der Waals surface area contributed by atoms with E-state index in [1.54, 1.807) is 11.0 Å². The van der Waals surface area contributed by atoms with Crippen LogP contribution in [0.2, 0.25) is 5.15 Å².